The van der Waals surface area contributed by atoms with Gasteiger partial charge in [0, 0.05) is 6.61 Å². The lowest BCUT2D eigenvalue weighted by Crippen LogP contribution is -2.49. The average molecular weight is 216 g/mol. The summed E-state index contributed by atoms with van der Waals surface area (Å²) in [4.78, 5) is 22.4. The van der Waals surface area contributed by atoms with Gasteiger partial charge in [0.1, 0.15) is 12.6 Å². The van der Waals surface area contributed by atoms with Gasteiger partial charge in [0.05, 0.1) is 0 Å². The van der Waals surface area contributed by atoms with Crippen molar-refractivity contribution in [3.8, 4) is 0 Å². The van der Waals surface area contributed by atoms with Crippen molar-refractivity contribution in [1.82, 2.24) is 5.32 Å². The van der Waals surface area contributed by atoms with Gasteiger partial charge in [0.25, 0.3) is 0 Å². The second-order valence-electron chi connectivity index (χ2n) is 3.47. The van der Waals surface area contributed by atoms with Gasteiger partial charge >= 0.3 is 0 Å². The summed E-state index contributed by atoms with van der Waals surface area (Å²) in [5.41, 5.74) is 5.20. The van der Waals surface area contributed by atoms with E-state index in [1.54, 1.807) is 6.92 Å². The summed E-state index contributed by atoms with van der Waals surface area (Å²) < 4.78 is 4.93. The summed E-state index contributed by atoms with van der Waals surface area (Å²) in [6.07, 6.45) is 0.780. The van der Waals surface area contributed by atoms with Gasteiger partial charge in [-0.25, -0.2) is 0 Å². The Morgan fingerprint density at radius 2 is 2.00 bits per heavy atom. The number of ether oxygens (including phenoxy) is 1. The molecule has 0 fully saturated rings. The topological polar surface area (TPSA) is 81.4 Å². The Morgan fingerprint density at radius 1 is 1.40 bits per heavy atom. The van der Waals surface area contributed by atoms with Crippen LogP contribution < -0.4 is 11.1 Å². The van der Waals surface area contributed by atoms with E-state index in [1.807, 2.05) is 13.8 Å². The number of carbonyl (C=O) groups is 2. The molecule has 15 heavy (non-hydrogen) atoms. The molecule has 0 aromatic rings. The summed E-state index contributed by atoms with van der Waals surface area (Å²) in [6.45, 7) is 6.05. The van der Waals surface area contributed by atoms with E-state index in [4.69, 9.17) is 10.5 Å². The third-order valence-electron chi connectivity index (χ3n) is 2.27. The molecule has 0 aliphatic carbocycles. The van der Waals surface area contributed by atoms with Gasteiger partial charge in [-0.05, 0) is 12.8 Å². The molecule has 5 nitrogen and oxygen atoms in total. The summed E-state index contributed by atoms with van der Waals surface area (Å²) >= 11 is 0. The van der Waals surface area contributed by atoms with Crippen LogP contribution >= 0.6 is 0 Å². The molecule has 0 bridgehead atoms. The molecule has 0 spiro atoms. The molecule has 3 N–H and O–H groups in total. The first-order chi connectivity index (χ1) is 7.02. The highest BCUT2D eigenvalue weighted by Gasteiger charge is 2.23. The third kappa shape index (κ3) is 5.37. The van der Waals surface area contributed by atoms with Gasteiger partial charge in [-0.3, -0.25) is 9.59 Å². The van der Waals surface area contributed by atoms with Crippen molar-refractivity contribution < 1.29 is 14.3 Å². The molecular formula is C10H20N2O3. The SMILES string of the molecule is CCOCC(=O)N[C@@H](C(N)=O)[C@@H](C)CC. The van der Waals surface area contributed by atoms with Gasteiger partial charge in [0.15, 0.2) is 0 Å². The lowest BCUT2D eigenvalue weighted by molar-refractivity contribution is -0.131. The van der Waals surface area contributed by atoms with Gasteiger partial charge in [-0.15, -0.1) is 0 Å². The zero-order chi connectivity index (χ0) is 11.8. The Kier molecular flexibility index (Phi) is 6.70. The number of amides is 2. The molecule has 0 unspecified atom stereocenters. The highest BCUT2D eigenvalue weighted by Crippen LogP contribution is 2.06. The standard InChI is InChI=1S/C10H20N2O3/c1-4-7(3)9(10(11)14)12-8(13)6-15-5-2/h7,9H,4-6H2,1-3H3,(H2,11,14)(H,12,13)/t7-,9+/m0/s1. The largest absolute Gasteiger partial charge is 0.372 e. The van der Waals surface area contributed by atoms with E-state index in [-0.39, 0.29) is 18.4 Å². The van der Waals surface area contributed by atoms with Crippen LogP contribution in [0.3, 0.4) is 0 Å². The number of hydrogen-bond donors (Lipinski definition) is 2. The molecule has 88 valence electrons. The van der Waals surface area contributed by atoms with Gasteiger partial charge in [-0.2, -0.15) is 0 Å². The van der Waals surface area contributed by atoms with Crippen molar-refractivity contribution in [3.63, 3.8) is 0 Å². The van der Waals surface area contributed by atoms with Crippen LogP contribution in [0.25, 0.3) is 0 Å². The minimum Gasteiger partial charge on any atom is -0.372 e. The molecule has 0 aromatic carbocycles. The first kappa shape index (κ1) is 13.9. The summed E-state index contributed by atoms with van der Waals surface area (Å²) in [5.74, 6) is -0.775. The molecule has 0 heterocycles. The molecule has 0 rings (SSSR count). The fraction of sp³-hybridized carbons (Fsp3) is 0.800. The summed E-state index contributed by atoms with van der Waals surface area (Å²) in [5, 5.41) is 2.56. The quantitative estimate of drug-likeness (QED) is 0.630. The van der Waals surface area contributed by atoms with Crippen molar-refractivity contribution in [2.75, 3.05) is 13.2 Å². The summed E-state index contributed by atoms with van der Waals surface area (Å²) in [7, 11) is 0. The molecule has 2 amide bonds. The highest BCUT2D eigenvalue weighted by molar-refractivity contribution is 5.87. The molecule has 0 aliphatic rings. The highest BCUT2D eigenvalue weighted by atomic mass is 16.5. The van der Waals surface area contributed by atoms with Crippen molar-refractivity contribution >= 4 is 11.8 Å². The summed E-state index contributed by atoms with van der Waals surface area (Å²) in [6, 6.07) is -0.608. The molecule has 2 atom stereocenters. The second-order valence-corrected chi connectivity index (χ2v) is 3.47. The number of primary amides is 1. The van der Waals surface area contributed by atoms with E-state index < -0.39 is 11.9 Å². The van der Waals surface area contributed by atoms with Crippen molar-refractivity contribution in [3.05, 3.63) is 0 Å². The maximum absolute atomic E-state index is 11.3. The van der Waals surface area contributed by atoms with E-state index in [1.165, 1.54) is 0 Å². The van der Waals surface area contributed by atoms with Crippen LogP contribution in [0.4, 0.5) is 0 Å². The molecule has 0 saturated heterocycles. The molecule has 0 aromatic heterocycles. The Balaban J connectivity index is 4.16. The zero-order valence-corrected chi connectivity index (χ0v) is 9.58. The average Bonchev–Trinajstić information content (AvgIpc) is 2.21. The molecular weight excluding hydrogens is 196 g/mol. The van der Waals surface area contributed by atoms with Gasteiger partial charge < -0.3 is 15.8 Å². The van der Waals surface area contributed by atoms with Crippen LogP contribution in [-0.2, 0) is 14.3 Å². The first-order valence-corrected chi connectivity index (χ1v) is 5.19. The normalized spacial score (nSPS) is 14.3. The van der Waals surface area contributed by atoms with Gasteiger partial charge in [-0.1, -0.05) is 20.3 Å². The Morgan fingerprint density at radius 3 is 2.40 bits per heavy atom. The molecule has 5 heteroatoms. The second kappa shape index (κ2) is 7.23. The third-order valence-corrected chi connectivity index (χ3v) is 2.27. The maximum atomic E-state index is 11.3. The predicted octanol–water partition coefficient (Wildman–Crippen LogP) is 0.0391. The van der Waals surface area contributed by atoms with Gasteiger partial charge in [0.2, 0.25) is 11.8 Å². The van der Waals surface area contributed by atoms with Crippen LogP contribution in [0.2, 0.25) is 0 Å². The van der Waals surface area contributed by atoms with Crippen LogP contribution in [0, 0.1) is 5.92 Å². The number of nitrogens with two attached hydrogens (primary N) is 1. The number of nitrogens with one attached hydrogen (secondary N) is 1. The fourth-order valence-electron chi connectivity index (χ4n) is 1.14. The number of hydrogen-bond acceptors (Lipinski definition) is 3. The van der Waals surface area contributed by atoms with Crippen LogP contribution in [0.15, 0.2) is 0 Å². The zero-order valence-electron chi connectivity index (χ0n) is 9.58. The van der Waals surface area contributed by atoms with Crippen molar-refractivity contribution in [2.45, 2.75) is 33.2 Å². The van der Waals surface area contributed by atoms with E-state index in [0.29, 0.717) is 6.61 Å². The minimum absolute atomic E-state index is 0.0310. The smallest absolute Gasteiger partial charge is 0.246 e. The minimum atomic E-state index is -0.608. The lowest BCUT2D eigenvalue weighted by Gasteiger charge is -2.20. The van der Waals surface area contributed by atoms with E-state index in [0.717, 1.165) is 6.42 Å². The van der Waals surface area contributed by atoms with Crippen LogP contribution in [-0.4, -0.2) is 31.1 Å². The van der Waals surface area contributed by atoms with E-state index in [2.05, 4.69) is 5.32 Å². The first-order valence-electron chi connectivity index (χ1n) is 5.19. The monoisotopic (exact) mass is 216 g/mol. The van der Waals surface area contributed by atoms with E-state index in [9.17, 15) is 9.59 Å². The van der Waals surface area contributed by atoms with Crippen molar-refractivity contribution in [1.29, 1.82) is 0 Å². The Bertz CT molecular complexity index is 219. The van der Waals surface area contributed by atoms with Crippen LogP contribution in [0.1, 0.15) is 27.2 Å². The molecule has 0 saturated carbocycles. The Labute approximate surface area is 90.4 Å². The molecule has 0 aliphatic heterocycles. The van der Waals surface area contributed by atoms with Crippen molar-refractivity contribution in [2.24, 2.45) is 11.7 Å². The van der Waals surface area contributed by atoms with Crippen LogP contribution in [0.5, 0.6) is 0 Å². The number of carbonyl (C=O) groups excluding carboxylic acids is 2. The predicted molar refractivity (Wildman–Crippen MR) is 57.1 cm³/mol. The molecule has 0 radical (unpaired) electrons. The maximum Gasteiger partial charge on any atom is 0.246 e. The fourth-order valence-corrected chi connectivity index (χ4v) is 1.14. The van der Waals surface area contributed by atoms with E-state index >= 15 is 0 Å². The lowest BCUT2D eigenvalue weighted by atomic mass is 9.99. The number of rotatable bonds is 7. The Hall–Kier alpha value is -1.10.